The van der Waals surface area contributed by atoms with Crippen molar-refractivity contribution in [2.24, 2.45) is 0 Å². The number of hydrogen-bond donors (Lipinski definition) is 1. The van der Waals surface area contributed by atoms with Crippen molar-refractivity contribution in [2.75, 3.05) is 13.2 Å². The zero-order chi connectivity index (χ0) is 24.1. The molecule has 2 atom stereocenters. The zero-order valence-electron chi connectivity index (χ0n) is 17.4. The van der Waals surface area contributed by atoms with Crippen LogP contribution < -0.4 is 4.74 Å². The van der Waals surface area contributed by atoms with Crippen LogP contribution in [0.15, 0.2) is 65.6 Å². The van der Waals surface area contributed by atoms with E-state index in [1.165, 1.54) is 0 Å². The zero-order valence-corrected chi connectivity index (χ0v) is 18.9. The Labute approximate surface area is 202 Å². The van der Waals surface area contributed by atoms with Crippen LogP contribution in [0.3, 0.4) is 0 Å². The van der Waals surface area contributed by atoms with Crippen LogP contribution in [0.1, 0.15) is 11.7 Å². The number of rotatable bonds is 6. The number of benzene rings is 2. The van der Waals surface area contributed by atoms with Crippen LogP contribution in [0, 0.1) is 10.1 Å². The van der Waals surface area contributed by atoms with Gasteiger partial charge in [0, 0.05) is 28.0 Å². The lowest BCUT2D eigenvalue weighted by molar-refractivity contribution is -0.742. The predicted molar refractivity (Wildman–Crippen MR) is 119 cm³/mol. The standard InChI is InChI=1S/C21H17Cl2N3O4.HNO3/c22-14-5-6-15(16(23)9-14)19-10-28-21(30-19,11-26-8-7-24-13-26)12-27-20-25-17-3-1-2-4-18(17)29-20;2-1(3)4/h1-9,13,19H,10-12H2;(H,2,3,4)/t19-,21-;/m0./s1. The van der Waals surface area contributed by atoms with Gasteiger partial charge in [-0.25, -0.2) is 4.98 Å². The molecular weight excluding hydrogens is 491 g/mol. The van der Waals surface area contributed by atoms with Gasteiger partial charge in [-0.1, -0.05) is 41.4 Å². The monoisotopic (exact) mass is 508 g/mol. The Hall–Kier alpha value is -3.38. The summed E-state index contributed by atoms with van der Waals surface area (Å²) < 4.78 is 25.8. The summed E-state index contributed by atoms with van der Waals surface area (Å²) in [5, 5.41) is 14.7. The topological polar surface area (TPSA) is 135 Å². The minimum Gasteiger partial charge on any atom is -0.444 e. The fourth-order valence-electron chi connectivity index (χ4n) is 3.42. The fourth-order valence-corrected chi connectivity index (χ4v) is 3.95. The van der Waals surface area contributed by atoms with Gasteiger partial charge in [0.25, 0.3) is 5.09 Å². The molecule has 3 heterocycles. The first kappa shape index (κ1) is 23.8. The third-order valence-corrected chi connectivity index (χ3v) is 5.40. The number of oxazole rings is 1. The molecule has 0 radical (unpaired) electrons. The molecule has 1 fully saturated rings. The van der Waals surface area contributed by atoms with Gasteiger partial charge in [0.1, 0.15) is 18.2 Å². The summed E-state index contributed by atoms with van der Waals surface area (Å²) >= 11 is 12.4. The van der Waals surface area contributed by atoms with Gasteiger partial charge in [-0.15, -0.1) is 10.1 Å². The van der Waals surface area contributed by atoms with Gasteiger partial charge >= 0.3 is 6.08 Å². The highest BCUT2D eigenvalue weighted by Gasteiger charge is 2.44. The number of hydrogen-bond acceptors (Lipinski definition) is 8. The van der Waals surface area contributed by atoms with E-state index in [-0.39, 0.29) is 18.8 Å². The van der Waals surface area contributed by atoms with Crippen LogP contribution in [0.2, 0.25) is 10.0 Å². The second kappa shape index (κ2) is 10.3. The SMILES string of the molecule is Clc1ccc([C@@H]2CO[C@@](COc3nc4ccccc4o3)(Cn3ccnc3)O2)c(Cl)c1.O=[N+]([O-])O. The highest BCUT2D eigenvalue weighted by Crippen LogP contribution is 2.38. The second-order valence-electron chi connectivity index (χ2n) is 7.20. The normalized spacial score (nSPS) is 19.5. The van der Waals surface area contributed by atoms with Gasteiger partial charge in [0.05, 0.1) is 19.5 Å². The van der Waals surface area contributed by atoms with Crippen molar-refractivity contribution < 1.29 is 28.9 Å². The Morgan fingerprint density at radius 3 is 2.79 bits per heavy atom. The average Bonchev–Trinajstić information content (AvgIpc) is 3.52. The molecule has 0 aliphatic carbocycles. The summed E-state index contributed by atoms with van der Waals surface area (Å²) in [5.41, 5.74) is 2.17. The summed E-state index contributed by atoms with van der Waals surface area (Å²) in [6.45, 7) is 0.752. The van der Waals surface area contributed by atoms with E-state index in [9.17, 15) is 0 Å². The summed E-state index contributed by atoms with van der Waals surface area (Å²) in [6.07, 6.45) is 5.00. The largest absolute Gasteiger partial charge is 0.444 e. The van der Waals surface area contributed by atoms with Gasteiger partial charge in [-0.2, -0.15) is 4.98 Å². The maximum atomic E-state index is 8.36. The Morgan fingerprint density at radius 2 is 2.09 bits per heavy atom. The first-order valence-corrected chi connectivity index (χ1v) is 10.6. The van der Waals surface area contributed by atoms with E-state index in [0.29, 0.717) is 28.8 Å². The number of para-hydroxylation sites is 2. The van der Waals surface area contributed by atoms with Gasteiger partial charge in [0.2, 0.25) is 5.79 Å². The molecule has 178 valence electrons. The number of fused-ring (bicyclic) bond motifs is 1. The molecule has 0 bridgehead atoms. The van der Waals surface area contributed by atoms with Crippen molar-refractivity contribution in [2.45, 2.75) is 18.4 Å². The highest BCUT2D eigenvalue weighted by molar-refractivity contribution is 6.35. The lowest BCUT2D eigenvalue weighted by atomic mass is 10.1. The van der Waals surface area contributed by atoms with Crippen LogP contribution in [-0.4, -0.2) is 43.8 Å². The number of halogens is 2. The minimum atomic E-state index is -1.50. The van der Waals surface area contributed by atoms with Crippen molar-refractivity contribution in [3.8, 4) is 6.08 Å². The number of nitrogens with zero attached hydrogens (tertiary/aromatic N) is 4. The molecule has 5 rings (SSSR count). The Bertz CT molecular complexity index is 1230. The summed E-state index contributed by atoms with van der Waals surface area (Å²) in [6, 6.07) is 12.8. The molecule has 34 heavy (non-hydrogen) atoms. The van der Waals surface area contributed by atoms with Crippen molar-refractivity contribution in [1.29, 1.82) is 0 Å². The summed E-state index contributed by atoms with van der Waals surface area (Å²) in [7, 11) is 0. The Kier molecular flexibility index (Phi) is 7.17. The van der Waals surface area contributed by atoms with Crippen LogP contribution in [-0.2, 0) is 16.0 Å². The van der Waals surface area contributed by atoms with Crippen molar-refractivity contribution in [3.63, 3.8) is 0 Å². The smallest absolute Gasteiger partial charge is 0.394 e. The van der Waals surface area contributed by atoms with Crippen LogP contribution >= 0.6 is 23.2 Å². The van der Waals surface area contributed by atoms with E-state index >= 15 is 0 Å². The molecule has 0 spiro atoms. The van der Waals surface area contributed by atoms with Gasteiger partial charge in [-0.3, -0.25) is 0 Å². The molecule has 4 aromatic rings. The quantitative estimate of drug-likeness (QED) is 0.293. The Morgan fingerprint density at radius 1 is 1.29 bits per heavy atom. The highest BCUT2D eigenvalue weighted by atomic mass is 35.5. The fraction of sp³-hybridized carbons (Fsp3) is 0.238. The number of ether oxygens (including phenoxy) is 3. The molecule has 0 amide bonds. The predicted octanol–water partition coefficient (Wildman–Crippen LogP) is 4.55. The van der Waals surface area contributed by atoms with Crippen molar-refractivity contribution in [1.82, 2.24) is 14.5 Å². The molecule has 11 nitrogen and oxygen atoms in total. The molecule has 1 saturated heterocycles. The van der Waals surface area contributed by atoms with E-state index in [0.717, 1.165) is 11.1 Å². The number of aromatic nitrogens is 3. The lowest BCUT2D eigenvalue weighted by Crippen LogP contribution is -2.41. The van der Waals surface area contributed by atoms with Crippen LogP contribution in [0.5, 0.6) is 6.08 Å². The first-order chi connectivity index (χ1) is 16.3. The molecule has 0 unspecified atom stereocenters. The molecule has 2 aromatic heterocycles. The van der Waals surface area contributed by atoms with Crippen molar-refractivity contribution >= 4 is 34.3 Å². The molecule has 1 N–H and O–H groups in total. The molecule has 1 aliphatic heterocycles. The average molecular weight is 509 g/mol. The maximum Gasteiger partial charge on any atom is 0.394 e. The van der Waals surface area contributed by atoms with E-state index < -0.39 is 10.9 Å². The first-order valence-electron chi connectivity index (χ1n) is 9.88. The summed E-state index contributed by atoms with van der Waals surface area (Å²) in [5.74, 6) is -1.07. The van der Waals surface area contributed by atoms with Gasteiger partial charge in [-0.05, 0) is 24.3 Å². The van der Waals surface area contributed by atoms with E-state index in [1.54, 1.807) is 24.7 Å². The molecule has 1 aliphatic rings. The number of imidazole rings is 1. The van der Waals surface area contributed by atoms with E-state index in [2.05, 4.69) is 9.97 Å². The molecular formula is C21H18Cl2N4O7. The van der Waals surface area contributed by atoms with Crippen molar-refractivity contribution in [3.05, 3.63) is 86.9 Å². The lowest BCUT2D eigenvalue weighted by Gasteiger charge is -2.27. The maximum absolute atomic E-state index is 8.36. The molecule has 0 saturated carbocycles. The third-order valence-electron chi connectivity index (χ3n) is 4.84. The van der Waals surface area contributed by atoms with Gasteiger partial charge < -0.3 is 28.4 Å². The van der Waals surface area contributed by atoms with E-state index in [1.807, 2.05) is 41.1 Å². The second-order valence-corrected chi connectivity index (χ2v) is 8.05. The molecule has 2 aromatic carbocycles. The van der Waals surface area contributed by atoms with E-state index in [4.69, 9.17) is 57.2 Å². The minimum absolute atomic E-state index is 0.0692. The summed E-state index contributed by atoms with van der Waals surface area (Å²) in [4.78, 5) is 16.8. The van der Waals surface area contributed by atoms with Gasteiger partial charge in [0.15, 0.2) is 5.58 Å². The Balaban J connectivity index is 0.000000636. The van der Waals surface area contributed by atoms with Crippen LogP contribution in [0.4, 0.5) is 0 Å². The molecule has 13 heteroatoms. The van der Waals surface area contributed by atoms with Crippen LogP contribution in [0.25, 0.3) is 11.1 Å². The third kappa shape index (κ3) is 5.75.